The van der Waals surface area contributed by atoms with Crippen molar-refractivity contribution in [2.75, 3.05) is 31.1 Å². The molecular formula is C20H27FN4O2. The third kappa shape index (κ3) is 3.73. The third-order valence-electron chi connectivity index (χ3n) is 6.14. The van der Waals surface area contributed by atoms with Gasteiger partial charge < -0.3 is 20.4 Å². The molecule has 0 saturated carbocycles. The molecule has 3 aliphatic rings. The SMILES string of the molecule is C[C@@]1(CNC(=O)N2CCC(N3CCc4cc(F)ccc43)CC2)CCC(=O)N1. The predicted octanol–water partition coefficient (Wildman–Crippen LogP) is 2.03. The highest BCUT2D eigenvalue weighted by Crippen LogP contribution is 2.33. The number of anilines is 1. The van der Waals surface area contributed by atoms with Crippen molar-refractivity contribution < 1.29 is 14.0 Å². The second kappa shape index (κ2) is 7.02. The summed E-state index contributed by atoms with van der Waals surface area (Å²) in [5.74, 6) is -0.118. The summed E-state index contributed by atoms with van der Waals surface area (Å²) in [7, 11) is 0. The van der Waals surface area contributed by atoms with Gasteiger partial charge in [0.2, 0.25) is 5.91 Å². The molecule has 2 N–H and O–H groups in total. The van der Waals surface area contributed by atoms with Crippen molar-refractivity contribution in [1.82, 2.24) is 15.5 Å². The van der Waals surface area contributed by atoms with Crippen LogP contribution in [-0.2, 0) is 11.2 Å². The van der Waals surface area contributed by atoms with E-state index in [2.05, 4.69) is 15.5 Å². The molecule has 7 heteroatoms. The molecule has 1 atom stereocenters. The van der Waals surface area contributed by atoms with Crippen LogP contribution >= 0.6 is 0 Å². The van der Waals surface area contributed by atoms with E-state index in [1.807, 2.05) is 17.9 Å². The third-order valence-corrected chi connectivity index (χ3v) is 6.14. The van der Waals surface area contributed by atoms with Gasteiger partial charge >= 0.3 is 6.03 Å². The quantitative estimate of drug-likeness (QED) is 0.851. The Morgan fingerprint density at radius 2 is 2.07 bits per heavy atom. The Hall–Kier alpha value is -2.31. The van der Waals surface area contributed by atoms with Gasteiger partial charge in [0.15, 0.2) is 0 Å². The standard InChI is InChI=1S/C20H27FN4O2/c1-20(8-4-18(26)23-20)13-22-19(27)24-9-6-16(7-10-24)25-11-5-14-12-15(21)2-3-17(14)25/h2-3,12,16H,4-11,13H2,1H3,(H,22,27)(H,23,26)/t20-/m0/s1. The summed E-state index contributed by atoms with van der Waals surface area (Å²) in [6.07, 6.45) is 4.00. The van der Waals surface area contributed by atoms with Gasteiger partial charge in [-0.2, -0.15) is 0 Å². The molecular weight excluding hydrogens is 347 g/mol. The van der Waals surface area contributed by atoms with Crippen molar-refractivity contribution in [2.24, 2.45) is 0 Å². The molecule has 1 aromatic carbocycles. The van der Waals surface area contributed by atoms with Gasteiger partial charge in [-0.15, -0.1) is 0 Å². The Bertz CT molecular complexity index is 747. The monoisotopic (exact) mass is 374 g/mol. The number of hydrogen-bond donors (Lipinski definition) is 2. The number of rotatable bonds is 3. The number of amides is 3. The number of carbonyl (C=O) groups excluding carboxylic acids is 2. The topological polar surface area (TPSA) is 64.7 Å². The number of likely N-dealkylation sites (tertiary alicyclic amines) is 1. The van der Waals surface area contributed by atoms with Gasteiger partial charge in [0.25, 0.3) is 0 Å². The molecule has 1 aromatic rings. The molecule has 6 nitrogen and oxygen atoms in total. The van der Waals surface area contributed by atoms with E-state index in [-0.39, 0.29) is 23.3 Å². The smallest absolute Gasteiger partial charge is 0.317 e. The van der Waals surface area contributed by atoms with Gasteiger partial charge in [-0.05, 0) is 56.4 Å². The molecule has 0 radical (unpaired) electrons. The number of fused-ring (bicyclic) bond motifs is 1. The molecule has 2 saturated heterocycles. The van der Waals surface area contributed by atoms with Crippen LogP contribution in [0.5, 0.6) is 0 Å². The number of urea groups is 1. The molecule has 0 spiro atoms. The van der Waals surface area contributed by atoms with Crippen LogP contribution in [0.4, 0.5) is 14.9 Å². The maximum Gasteiger partial charge on any atom is 0.317 e. The lowest BCUT2D eigenvalue weighted by atomic mass is 10.0. The fourth-order valence-electron chi connectivity index (χ4n) is 4.52. The van der Waals surface area contributed by atoms with E-state index in [4.69, 9.17) is 0 Å². The second-order valence-corrected chi connectivity index (χ2v) is 8.20. The Balaban J connectivity index is 1.28. The summed E-state index contributed by atoms with van der Waals surface area (Å²) in [5, 5.41) is 5.92. The second-order valence-electron chi connectivity index (χ2n) is 8.20. The number of carbonyl (C=O) groups is 2. The van der Waals surface area contributed by atoms with Crippen molar-refractivity contribution in [2.45, 2.75) is 50.6 Å². The van der Waals surface area contributed by atoms with Gasteiger partial charge in [-0.25, -0.2) is 9.18 Å². The highest BCUT2D eigenvalue weighted by Gasteiger charge is 2.35. The lowest BCUT2D eigenvalue weighted by Crippen LogP contribution is -2.54. The largest absolute Gasteiger partial charge is 0.368 e. The maximum absolute atomic E-state index is 13.4. The summed E-state index contributed by atoms with van der Waals surface area (Å²) in [4.78, 5) is 28.1. The number of nitrogens with one attached hydrogen (secondary N) is 2. The maximum atomic E-state index is 13.4. The van der Waals surface area contributed by atoms with Gasteiger partial charge in [0, 0.05) is 44.3 Å². The lowest BCUT2D eigenvalue weighted by molar-refractivity contribution is -0.119. The zero-order valence-corrected chi connectivity index (χ0v) is 15.8. The predicted molar refractivity (Wildman–Crippen MR) is 101 cm³/mol. The zero-order chi connectivity index (χ0) is 19.0. The summed E-state index contributed by atoms with van der Waals surface area (Å²) in [6.45, 7) is 4.79. The van der Waals surface area contributed by atoms with E-state index in [9.17, 15) is 14.0 Å². The first-order valence-electron chi connectivity index (χ1n) is 9.82. The van der Waals surface area contributed by atoms with E-state index < -0.39 is 0 Å². The van der Waals surface area contributed by atoms with E-state index in [1.165, 1.54) is 6.07 Å². The number of halogens is 1. The Morgan fingerprint density at radius 3 is 2.78 bits per heavy atom. The Kier molecular flexibility index (Phi) is 4.70. The van der Waals surface area contributed by atoms with Crippen LogP contribution in [0.25, 0.3) is 0 Å². The van der Waals surface area contributed by atoms with E-state index >= 15 is 0 Å². The fourth-order valence-corrected chi connectivity index (χ4v) is 4.52. The van der Waals surface area contributed by atoms with Crippen LogP contribution in [-0.4, -0.2) is 54.6 Å². The van der Waals surface area contributed by atoms with Crippen molar-refractivity contribution >= 4 is 17.6 Å². The van der Waals surface area contributed by atoms with Crippen molar-refractivity contribution in [3.63, 3.8) is 0 Å². The number of piperidine rings is 1. The summed E-state index contributed by atoms with van der Waals surface area (Å²) in [5.41, 5.74) is 1.89. The molecule has 0 bridgehead atoms. The summed E-state index contributed by atoms with van der Waals surface area (Å²) < 4.78 is 13.4. The van der Waals surface area contributed by atoms with Gasteiger partial charge in [-0.3, -0.25) is 4.79 Å². The Labute approximate surface area is 159 Å². The minimum absolute atomic E-state index is 0.0540. The van der Waals surface area contributed by atoms with Crippen LogP contribution in [0.15, 0.2) is 18.2 Å². The number of nitrogens with zero attached hydrogens (tertiary/aromatic N) is 2. The fraction of sp³-hybridized carbons (Fsp3) is 0.600. The molecule has 0 unspecified atom stereocenters. The zero-order valence-electron chi connectivity index (χ0n) is 15.8. The molecule has 0 aliphatic carbocycles. The first kappa shape index (κ1) is 18.1. The van der Waals surface area contributed by atoms with Crippen molar-refractivity contribution in [3.8, 4) is 0 Å². The average Bonchev–Trinajstić information content (AvgIpc) is 3.23. The van der Waals surface area contributed by atoms with E-state index in [0.717, 1.165) is 43.5 Å². The Morgan fingerprint density at radius 1 is 1.30 bits per heavy atom. The molecule has 3 aliphatic heterocycles. The van der Waals surface area contributed by atoms with Gasteiger partial charge in [0.05, 0.1) is 5.54 Å². The van der Waals surface area contributed by atoms with Crippen molar-refractivity contribution in [3.05, 3.63) is 29.6 Å². The minimum Gasteiger partial charge on any atom is -0.368 e. The van der Waals surface area contributed by atoms with Crippen LogP contribution in [0.1, 0.15) is 38.2 Å². The van der Waals surface area contributed by atoms with Crippen LogP contribution in [0.3, 0.4) is 0 Å². The number of hydrogen-bond acceptors (Lipinski definition) is 3. The van der Waals surface area contributed by atoms with E-state index in [1.54, 1.807) is 6.07 Å². The molecule has 4 rings (SSSR count). The van der Waals surface area contributed by atoms with Crippen LogP contribution < -0.4 is 15.5 Å². The normalized spacial score (nSPS) is 25.5. The molecule has 0 aromatic heterocycles. The molecule has 3 heterocycles. The molecule has 146 valence electrons. The molecule has 3 amide bonds. The summed E-state index contributed by atoms with van der Waals surface area (Å²) >= 11 is 0. The lowest BCUT2D eigenvalue weighted by Gasteiger charge is -2.38. The number of benzene rings is 1. The van der Waals surface area contributed by atoms with Crippen LogP contribution in [0.2, 0.25) is 0 Å². The summed E-state index contributed by atoms with van der Waals surface area (Å²) in [6, 6.07) is 5.39. The highest BCUT2D eigenvalue weighted by molar-refractivity contribution is 5.80. The highest BCUT2D eigenvalue weighted by atomic mass is 19.1. The van der Waals surface area contributed by atoms with Gasteiger partial charge in [0.1, 0.15) is 5.82 Å². The average molecular weight is 374 g/mol. The van der Waals surface area contributed by atoms with Crippen LogP contribution in [0, 0.1) is 5.82 Å². The minimum atomic E-state index is -0.334. The first-order chi connectivity index (χ1) is 12.9. The first-order valence-corrected chi connectivity index (χ1v) is 9.82. The molecule has 27 heavy (non-hydrogen) atoms. The van der Waals surface area contributed by atoms with Crippen molar-refractivity contribution in [1.29, 1.82) is 0 Å². The molecule has 2 fully saturated rings. The van der Waals surface area contributed by atoms with Gasteiger partial charge in [-0.1, -0.05) is 0 Å². The van der Waals surface area contributed by atoms with E-state index in [0.29, 0.717) is 32.1 Å².